The monoisotopic (exact) mass is 280 g/mol. The Kier molecular flexibility index (Phi) is 4.68. The highest BCUT2D eigenvalue weighted by molar-refractivity contribution is 7.16. The lowest BCUT2D eigenvalue weighted by Gasteiger charge is -2.19. The van der Waals surface area contributed by atoms with Crippen LogP contribution in [0.3, 0.4) is 0 Å². The van der Waals surface area contributed by atoms with E-state index in [2.05, 4.69) is 10.3 Å². The lowest BCUT2D eigenvalue weighted by molar-refractivity contribution is -0.131. The first kappa shape index (κ1) is 13.7. The number of carboxylic acid groups (broad SMARTS) is 1. The molecule has 1 aromatic rings. The Morgan fingerprint density at radius 1 is 1.37 bits per heavy atom. The van der Waals surface area contributed by atoms with Crippen molar-refractivity contribution in [3.63, 3.8) is 0 Å². The van der Waals surface area contributed by atoms with Crippen LogP contribution in [0.15, 0.2) is 12.3 Å². The van der Waals surface area contributed by atoms with Gasteiger partial charge in [0.1, 0.15) is 0 Å². The van der Waals surface area contributed by atoms with E-state index < -0.39 is 5.97 Å². The first-order chi connectivity index (χ1) is 9.15. The molecule has 0 atom stereocenters. The molecule has 6 heteroatoms. The van der Waals surface area contributed by atoms with Crippen LogP contribution >= 0.6 is 11.3 Å². The number of aromatic nitrogens is 1. The summed E-state index contributed by atoms with van der Waals surface area (Å²) < 4.78 is 0. The number of carboxylic acids is 1. The Bertz CT molecular complexity index is 490. The van der Waals surface area contributed by atoms with Gasteiger partial charge in [0.2, 0.25) is 5.91 Å². The molecule has 0 radical (unpaired) electrons. The number of hydrogen-bond donors (Lipinski definition) is 2. The average Bonchev–Trinajstić information content (AvgIpc) is 2.85. The lowest BCUT2D eigenvalue weighted by atomic mass is 9.89. The summed E-state index contributed by atoms with van der Waals surface area (Å²) in [5.74, 6) is -0.875. The summed E-state index contributed by atoms with van der Waals surface area (Å²) >= 11 is 1.27. The molecule has 0 aromatic carbocycles. The number of hydrogen-bond acceptors (Lipinski definition) is 4. The zero-order valence-corrected chi connectivity index (χ0v) is 11.3. The van der Waals surface area contributed by atoms with Crippen molar-refractivity contribution in [2.24, 2.45) is 5.92 Å². The number of anilines is 1. The van der Waals surface area contributed by atoms with Crippen molar-refractivity contribution >= 4 is 34.4 Å². The lowest BCUT2D eigenvalue weighted by Crippen LogP contribution is -2.24. The summed E-state index contributed by atoms with van der Waals surface area (Å²) in [5.41, 5.74) is 0. The molecule has 1 aromatic heterocycles. The fourth-order valence-electron chi connectivity index (χ4n) is 2.15. The molecule has 1 aliphatic rings. The topological polar surface area (TPSA) is 79.3 Å². The van der Waals surface area contributed by atoms with Crippen molar-refractivity contribution < 1.29 is 14.7 Å². The van der Waals surface area contributed by atoms with Gasteiger partial charge < -0.3 is 10.4 Å². The SMILES string of the molecule is O=C(O)C=Cc1cnc(NC(=O)C2CCCCC2)s1. The molecule has 5 nitrogen and oxygen atoms in total. The van der Waals surface area contributed by atoms with E-state index in [0.29, 0.717) is 10.0 Å². The first-order valence-corrected chi connectivity index (χ1v) is 7.14. The van der Waals surface area contributed by atoms with Crippen LogP contribution in [0, 0.1) is 5.92 Å². The van der Waals surface area contributed by atoms with Gasteiger partial charge in [0.25, 0.3) is 0 Å². The minimum absolute atomic E-state index is 0.0304. The van der Waals surface area contributed by atoms with E-state index in [1.807, 2.05) is 0 Å². The van der Waals surface area contributed by atoms with Gasteiger partial charge in [-0.3, -0.25) is 4.79 Å². The predicted octanol–water partition coefficient (Wildman–Crippen LogP) is 2.76. The number of nitrogens with one attached hydrogen (secondary N) is 1. The average molecular weight is 280 g/mol. The molecule has 1 amide bonds. The fourth-order valence-corrected chi connectivity index (χ4v) is 2.87. The van der Waals surface area contributed by atoms with Gasteiger partial charge in [-0.2, -0.15) is 0 Å². The van der Waals surface area contributed by atoms with Crippen LogP contribution in [-0.2, 0) is 9.59 Å². The molecule has 102 valence electrons. The van der Waals surface area contributed by atoms with Crippen LogP contribution in [-0.4, -0.2) is 22.0 Å². The van der Waals surface area contributed by atoms with Crippen molar-refractivity contribution in [3.05, 3.63) is 17.2 Å². The van der Waals surface area contributed by atoms with E-state index in [4.69, 9.17) is 5.11 Å². The maximum absolute atomic E-state index is 12.0. The second-order valence-corrected chi connectivity index (χ2v) is 5.63. The summed E-state index contributed by atoms with van der Waals surface area (Å²) in [6.07, 6.45) is 9.42. The molecule has 0 saturated heterocycles. The molecule has 0 aliphatic heterocycles. The Labute approximate surface area is 115 Å². The maximum atomic E-state index is 12.0. The summed E-state index contributed by atoms with van der Waals surface area (Å²) in [4.78, 5) is 27.2. The molecular weight excluding hydrogens is 264 g/mol. The summed E-state index contributed by atoms with van der Waals surface area (Å²) in [7, 11) is 0. The summed E-state index contributed by atoms with van der Waals surface area (Å²) in [5, 5.41) is 11.9. The fraction of sp³-hybridized carbons (Fsp3) is 0.462. The molecule has 1 saturated carbocycles. The predicted molar refractivity (Wildman–Crippen MR) is 74.0 cm³/mol. The van der Waals surface area contributed by atoms with Gasteiger partial charge >= 0.3 is 5.97 Å². The number of nitrogens with zero attached hydrogens (tertiary/aromatic N) is 1. The van der Waals surface area contributed by atoms with Crippen molar-refractivity contribution in [2.75, 3.05) is 5.32 Å². The Morgan fingerprint density at radius 2 is 2.11 bits per heavy atom. The Morgan fingerprint density at radius 3 is 2.79 bits per heavy atom. The van der Waals surface area contributed by atoms with Gasteiger partial charge in [-0.25, -0.2) is 9.78 Å². The van der Waals surface area contributed by atoms with Crippen LogP contribution in [0.5, 0.6) is 0 Å². The van der Waals surface area contributed by atoms with Crippen molar-refractivity contribution in [3.8, 4) is 0 Å². The van der Waals surface area contributed by atoms with Gasteiger partial charge in [-0.15, -0.1) is 0 Å². The van der Waals surface area contributed by atoms with Crippen LogP contribution in [0.1, 0.15) is 37.0 Å². The zero-order chi connectivity index (χ0) is 13.7. The molecule has 1 heterocycles. The largest absolute Gasteiger partial charge is 0.478 e. The normalized spacial score (nSPS) is 16.6. The molecule has 0 bridgehead atoms. The third-order valence-electron chi connectivity index (χ3n) is 3.12. The molecule has 2 N–H and O–H groups in total. The van der Waals surface area contributed by atoms with E-state index >= 15 is 0 Å². The zero-order valence-electron chi connectivity index (χ0n) is 10.5. The number of amides is 1. The molecule has 1 fully saturated rings. The van der Waals surface area contributed by atoms with Gasteiger partial charge in [-0.1, -0.05) is 30.6 Å². The maximum Gasteiger partial charge on any atom is 0.328 e. The molecular formula is C13H16N2O3S. The van der Waals surface area contributed by atoms with Crippen molar-refractivity contribution in [1.29, 1.82) is 0 Å². The summed E-state index contributed by atoms with van der Waals surface area (Å²) in [6.45, 7) is 0. The van der Waals surface area contributed by atoms with Crippen molar-refractivity contribution in [2.45, 2.75) is 32.1 Å². The number of carbonyl (C=O) groups is 2. The second-order valence-electron chi connectivity index (χ2n) is 4.56. The molecule has 2 rings (SSSR count). The van der Waals surface area contributed by atoms with E-state index in [-0.39, 0.29) is 11.8 Å². The van der Waals surface area contributed by atoms with Gasteiger partial charge in [0, 0.05) is 23.1 Å². The quantitative estimate of drug-likeness (QED) is 0.831. The highest BCUT2D eigenvalue weighted by Gasteiger charge is 2.21. The van der Waals surface area contributed by atoms with E-state index in [0.717, 1.165) is 31.8 Å². The summed E-state index contributed by atoms with van der Waals surface area (Å²) in [6, 6.07) is 0. The Hall–Kier alpha value is -1.69. The van der Waals surface area contributed by atoms with Gasteiger partial charge in [-0.05, 0) is 18.9 Å². The van der Waals surface area contributed by atoms with Crippen LogP contribution in [0.25, 0.3) is 6.08 Å². The minimum atomic E-state index is -0.999. The highest BCUT2D eigenvalue weighted by Crippen LogP contribution is 2.26. The second kappa shape index (κ2) is 6.47. The smallest absolute Gasteiger partial charge is 0.328 e. The molecule has 0 spiro atoms. The number of aliphatic carboxylic acids is 1. The van der Waals surface area contributed by atoms with E-state index in [1.165, 1.54) is 23.8 Å². The molecule has 0 unspecified atom stereocenters. The standard InChI is InChI=1S/C13H16N2O3S/c16-11(17)7-6-10-8-14-13(19-10)15-12(18)9-4-2-1-3-5-9/h6-9H,1-5H2,(H,16,17)(H,14,15,18). The highest BCUT2D eigenvalue weighted by atomic mass is 32.1. The van der Waals surface area contributed by atoms with Crippen LogP contribution in [0.4, 0.5) is 5.13 Å². The number of rotatable bonds is 4. The number of carbonyl (C=O) groups excluding carboxylic acids is 1. The van der Waals surface area contributed by atoms with Crippen LogP contribution < -0.4 is 5.32 Å². The third kappa shape index (κ3) is 4.17. The first-order valence-electron chi connectivity index (χ1n) is 6.33. The van der Waals surface area contributed by atoms with E-state index in [1.54, 1.807) is 6.20 Å². The Balaban J connectivity index is 1.92. The molecule has 19 heavy (non-hydrogen) atoms. The molecule has 1 aliphatic carbocycles. The van der Waals surface area contributed by atoms with E-state index in [9.17, 15) is 9.59 Å². The third-order valence-corrected chi connectivity index (χ3v) is 4.00. The van der Waals surface area contributed by atoms with Crippen molar-refractivity contribution in [1.82, 2.24) is 4.98 Å². The number of thiazole rings is 1. The minimum Gasteiger partial charge on any atom is -0.478 e. The van der Waals surface area contributed by atoms with Gasteiger partial charge in [0.05, 0.1) is 0 Å². The van der Waals surface area contributed by atoms with Gasteiger partial charge in [0.15, 0.2) is 5.13 Å². The van der Waals surface area contributed by atoms with Crippen LogP contribution in [0.2, 0.25) is 0 Å².